The normalized spacial score (nSPS) is 11.4. The third-order valence-corrected chi connectivity index (χ3v) is 3.13. The summed E-state index contributed by atoms with van der Waals surface area (Å²) in [5, 5.41) is 4.58. The molecule has 2 aromatic rings. The summed E-state index contributed by atoms with van der Waals surface area (Å²) in [5.41, 5.74) is 1.25. The highest BCUT2D eigenvalue weighted by Crippen LogP contribution is 2.22. The van der Waals surface area contributed by atoms with Crippen molar-refractivity contribution in [2.24, 2.45) is 0 Å². The summed E-state index contributed by atoms with van der Waals surface area (Å²) in [5.74, 6) is 0.934. The summed E-state index contributed by atoms with van der Waals surface area (Å²) in [6.45, 7) is 7.63. The third-order valence-electron chi connectivity index (χ3n) is 3.13. The first-order valence-electron chi connectivity index (χ1n) is 7.16. The number of benzene rings is 1. The van der Waals surface area contributed by atoms with E-state index in [2.05, 4.69) is 34.3 Å². The van der Waals surface area contributed by atoms with Gasteiger partial charge in [-0.1, -0.05) is 0 Å². The Balaban J connectivity index is 1.97. The van der Waals surface area contributed by atoms with Gasteiger partial charge in [-0.3, -0.25) is 0 Å². The molecule has 1 aromatic carbocycles. The van der Waals surface area contributed by atoms with Crippen molar-refractivity contribution in [1.82, 2.24) is 9.88 Å². The zero-order valence-electron chi connectivity index (χ0n) is 12.6. The van der Waals surface area contributed by atoms with E-state index in [1.54, 1.807) is 7.11 Å². The number of nitrogens with zero attached hydrogens (tertiary/aromatic N) is 1. The summed E-state index contributed by atoms with van der Waals surface area (Å²) >= 11 is 0. The van der Waals surface area contributed by atoms with Gasteiger partial charge in [0, 0.05) is 43.8 Å². The van der Waals surface area contributed by atoms with Crippen LogP contribution in [0.15, 0.2) is 30.5 Å². The van der Waals surface area contributed by atoms with E-state index in [1.165, 1.54) is 10.9 Å². The molecule has 0 atom stereocenters. The van der Waals surface area contributed by atoms with Crippen LogP contribution in [0.2, 0.25) is 0 Å². The summed E-state index contributed by atoms with van der Waals surface area (Å²) in [4.78, 5) is 0. The van der Waals surface area contributed by atoms with Gasteiger partial charge in [-0.15, -0.1) is 0 Å². The number of hydrogen-bond acceptors (Lipinski definition) is 3. The smallest absolute Gasteiger partial charge is 0.120 e. The topological polar surface area (TPSA) is 35.4 Å². The molecule has 0 spiro atoms. The molecule has 110 valence electrons. The van der Waals surface area contributed by atoms with Crippen LogP contribution in [0.4, 0.5) is 0 Å². The molecular formula is C16H24N2O2. The predicted octanol–water partition coefficient (Wildman–Crippen LogP) is 2.66. The van der Waals surface area contributed by atoms with Crippen molar-refractivity contribution in [3.05, 3.63) is 30.5 Å². The van der Waals surface area contributed by atoms with Crippen molar-refractivity contribution in [2.75, 3.05) is 26.8 Å². The fraction of sp³-hybridized carbons (Fsp3) is 0.500. The molecule has 0 fully saturated rings. The average Bonchev–Trinajstić information content (AvgIpc) is 2.80. The van der Waals surface area contributed by atoms with Crippen molar-refractivity contribution in [2.45, 2.75) is 26.5 Å². The molecule has 0 bridgehead atoms. The fourth-order valence-electron chi connectivity index (χ4n) is 2.22. The zero-order chi connectivity index (χ0) is 14.4. The lowest BCUT2D eigenvalue weighted by molar-refractivity contribution is 0.199. The summed E-state index contributed by atoms with van der Waals surface area (Å²) in [7, 11) is 1.72. The van der Waals surface area contributed by atoms with Gasteiger partial charge in [0.2, 0.25) is 0 Å². The van der Waals surface area contributed by atoms with Crippen LogP contribution in [0.1, 0.15) is 13.8 Å². The van der Waals surface area contributed by atoms with Crippen LogP contribution in [0.5, 0.6) is 5.75 Å². The highest BCUT2D eigenvalue weighted by Gasteiger charge is 2.04. The summed E-state index contributed by atoms with van der Waals surface area (Å²) in [6, 6.07) is 8.40. The van der Waals surface area contributed by atoms with Crippen LogP contribution in [-0.2, 0) is 11.3 Å². The van der Waals surface area contributed by atoms with Gasteiger partial charge in [0.1, 0.15) is 5.75 Å². The maximum atomic E-state index is 5.72. The second-order valence-electron chi connectivity index (χ2n) is 5.14. The minimum absolute atomic E-state index is 0.208. The number of aromatic nitrogens is 1. The molecule has 0 amide bonds. The largest absolute Gasteiger partial charge is 0.491 e. The van der Waals surface area contributed by atoms with Crippen molar-refractivity contribution < 1.29 is 9.47 Å². The van der Waals surface area contributed by atoms with Gasteiger partial charge in [-0.05, 0) is 38.1 Å². The molecule has 1 N–H and O–H groups in total. The molecule has 1 heterocycles. The maximum absolute atomic E-state index is 5.72. The van der Waals surface area contributed by atoms with Crippen LogP contribution in [-0.4, -0.2) is 37.5 Å². The lowest BCUT2D eigenvalue weighted by Gasteiger charge is -2.10. The first kappa shape index (κ1) is 14.9. The Bertz CT molecular complexity index is 534. The molecular weight excluding hydrogens is 252 g/mol. The molecule has 1 aromatic heterocycles. The Kier molecular flexibility index (Phi) is 5.44. The van der Waals surface area contributed by atoms with E-state index in [0.717, 1.165) is 32.0 Å². The molecule has 0 unspecified atom stereocenters. The van der Waals surface area contributed by atoms with Gasteiger partial charge in [0.15, 0.2) is 0 Å². The number of hydrogen-bond donors (Lipinski definition) is 1. The van der Waals surface area contributed by atoms with E-state index in [0.29, 0.717) is 0 Å². The van der Waals surface area contributed by atoms with E-state index in [1.807, 2.05) is 19.9 Å². The number of ether oxygens (including phenoxy) is 2. The van der Waals surface area contributed by atoms with E-state index in [-0.39, 0.29) is 6.10 Å². The van der Waals surface area contributed by atoms with Crippen LogP contribution < -0.4 is 10.1 Å². The summed E-state index contributed by atoms with van der Waals surface area (Å²) in [6.07, 6.45) is 2.33. The first-order chi connectivity index (χ1) is 9.70. The Morgan fingerprint density at radius 2 is 2.05 bits per heavy atom. The van der Waals surface area contributed by atoms with Crippen molar-refractivity contribution in [3.63, 3.8) is 0 Å². The van der Waals surface area contributed by atoms with Crippen molar-refractivity contribution >= 4 is 10.9 Å². The van der Waals surface area contributed by atoms with Gasteiger partial charge in [-0.25, -0.2) is 0 Å². The lowest BCUT2D eigenvalue weighted by atomic mass is 10.2. The second kappa shape index (κ2) is 7.31. The highest BCUT2D eigenvalue weighted by atomic mass is 16.5. The number of methoxy groups -OCH3 is 1. The molecule has 0 saturated heterocycles. The molecule has 4 nitrogen and oxygen atoms in total. The van der Waals surface area contributed by atoms with E-state index >= 15 is 0 Å². The Hall–Kier alpha value is -1.52. The monoisotopic (exact) mass is 276 g/mol. The van der Waals surface area contributed by atoms with Crippen LogP contribution in [0, 0.1) is 0 Å². The van der Waals surface area contributed by atoms with E-state index in [9.17, 15) is 0 Å². The highest BCUT2D eigenvalue weighted by molar-refractivity contribution is 5.81. The van der Waals surface area contributed by atoms with Crippen LogP contribution in [0.3, 0.4) is 0 Å². The van der Waals surface area contributed by atoms with Crippen LogP contribution in [0.25, 0.3) is 10.9 Å². The lowest BCUT2D eigenvalue weighted by Crippen LogP contribution is -2.23. The molecule has 0 aliphatic rings. The third kappa shape index (κ3) is 3.99. The standard InChI is InChI=1S/C16H24N2O2/c1-13(2)20-15-4-5-16-14(12-15)6-9-18(16)10-7-17-8-11-19-3/h4-6,9,12-13,17H,7-8,10-11H2,1-3H3. The summed E-state index contributed by atoms with van der Waals surface area (Å²) < 4.78 is 13.0. The number of fused-ring (bicyclic) bond motifs is 1. The van der Waals surface area contributed by atoms with E-state index < -0.39 is 0 Å². The Morgan fingerprint density at radius 3 is 2.80 bits per heavy atom. The first-order valence-corrected chi connectivity index (χ1v) is 7.16. The number of rotatable bonds is 8. The molecule has 0 aliphatic heterocycles. The molecule has 20 heavy (non-hydrogen) atoms. The second-order valence-corrected chi connectivity index (χ2v) is 5.14. The predicted molar refractivity (Wildman–Crippen MR) is 82.4 cm³/mol. The minimum atomic E-state index is 0.208. The van der Waals surface area contributed by atoms with Gasteiger partial charge < -0.3 is 19.4 Å². The molecule has 0 radical (unpaired) electrons. The van der Waals surface area contributed by atoms with Gasteiger partial charge >= 0.3 is 0 Å². The molecule has 4 heteroatoms. The quantitative estimate of drug-likeness (QED) is 0.753. The zero-order valence-corrected chi connectivity index (χ0v) is 12.6. The molecule has 0 aliphatic carbocycles. The minimum Gasteiger partial charge on any atom is -0.491 e. The van der Waals surface area contributed by atoms with Gasteiger partial charge in [0.05, 0.1) is 12.7 Å². The SMILES string of the molecule is COCCNCCn1ccc2cc(OC(C)C)ccc21. The fourth-order valence-corrected chi connectivity index (χ4v) is 2.22. The molecule has 0 saturated carbocycles. The average molecular weight is 276 g/mol. The van der Waals surface area contributed by atoms with Gasteiger partial charge in [0.25, 0.3) is 0 Å². The van der Waals surface area contributed by atoms with Gasteiger partial charge in [-0.2, -0.15) is 0 Å². The Labute approximate surface area is 120 Å². The van der Waals surface area contributed by atoms with Crippen LogP contribution >= 0.6 is 0 Å². The number of nitrogens with one attached hydrogen (secondary N) is 1. The van der Waals surface area contributed by atoms with E-state index in [4.69, 9.17) is 9.47 Å². The molecule has 2 rings (SSSR count). The van der Waals surface area contributed by atoms with Crippen molar-refractivity contribution in [3.8, 4) is 5.75 Å². The maximum Gasteiger partial charge on any atom is 0.120 e. The van der Waals surface area contributed by atoms with Crippen molar-refractivity contribution in [1.29, 1.82) is 0 Å². The Morgan fingerprint density at radius 1 is 1.20 bits per heavy atom.